The predicted octanol–water partition coefficient (Wildman–Crippen LogP) is -4.01. The Balaban J connectivity index is 0. The van der Waals surface area contributed by atoms with Gasteiger partial charge in [0.2, 0.25) is 0 Å². The summed E-state index contributed by atoms with van der Waals surface area (Å²) in [6.45, 7) is -1.88. The van der Waals surface area contributed by atoms with Crippen LogP contribution in [0.3, 0.4) is 0 Å². The van der Waals surface area contributed by atoms with Crippen molar-refractivity contribution >= 4 is 9.17 Å². The average Bonchev–Trinajstić information content (AvgIpc) is 2.09. The van der Waals surface area contributed by atoms with Crippen LogP contribution >= 0.6 is 0 Å². The third-order valence-electron chi connectivity index (χ3n) is 1.20. The standard InChI is InChI=1S/C4H12NO4.H2O3Si/c6-1-5(2-7,3-8)4-9;1-4(2)3/h6-9H,1-4H2;1-2H/q+1;. The summed E-state index contributed by atoms with van der Waals surface area (Å²) >= 11 is 0. The quantitative estimate of drug-likeness (QED) is 0.160. The largest absolute Gasteiger partial charge is 0.761 e. The van der Waals surface area contributed by atoms with Gasteiger partial charge in [-0.2, -0.15) is 0 Å². The first kappa shape index (κ1) is 14.9. The second kappa shape index (κ2) is 8.04. The first-order valence-corrected chi connectivity index (χ1v) is 4.48. The van der Waals surface area contributed by atoms with E-state index in [0.717, 1.165) is 0 Å². The molecule has 0 saturated carbocycles. The Morgan fingerprint density at radius 3 is 1.00 bits per heavy atom. The van der Waals surface area contributed by atoms with Gasteiger partial charge in [-0.05, 0) is 0 Å². The average molecular weight is 216 g/mol. The second-order valence-corrected chi connectivity index (χ2v) is 2.76. The first-order valence-electron chi connectivity index (χ1n) is 3.18. The first-order chi connectivity index (χ1) is 5.97. The number of hydrogen-bond donors (Lipinski definition) is 6. The highest BCUT2D eigenvalue weighted by Crippen LogP contribution is 1.97. The molecule has 6 N–H and O–H groups in total. The molecule has 8 nitrogen and oxygen atoms in total. The Morgan fingerprint density at radius 1 is 0.846 bits per heavy atom. The zero-order valence-corrected chi connectivity index (χ0v) is 7.87. The van der Waals surface area contributed by atoms with Crippen LogP contribution in [-0.2, 0) is 4.46 Å². The van der Waals surface area contributed by atoms with Gasteiger partial charge in [0.25, 0.3) is 0 Å². The van der Waals surface area contributed by atoms with Crippen LogP contribution in [0.1, 0.15) is 0 Å². The number of quaternary nitrogens is 1. The number of hydrogen-bond acceptors (Lipinski definition) is 5. The van der Waals surface area contributed by atoms with Gasteiger partial charge in [-0.1, -0.05) is 0 Å². The third kappa shape index (κ3) is 7.77. The van der Waals surface area contributed by atoms with E-state index in [1.54, 1.807) is 0 Å². The number of aliphatic hydroxyl groups excluding tert-OH is 4. The zero-order valence-electron chi connectivity index (χ0n) is 6.87. The van der Waals surface area contributed by atoms with Gasteiger partial charge in [0.15, 0.2) is 26.9 Å². The number of nitrogens with zero attached hydrogens (tertiary/aromatic N) is 1. The van der Waals surface area contributed by atoms with E-state index in [9.17, 15) is 0 Å². The van der Waals surface area contributed by atoms with E-state index in [4.69, 9.17) is 34.5 Å². The van der Waals surface area contributed by atoms with Gasteiger partial charge in [-0.15, -0.1) is 0 Å². The molecule has 13 heavy (non-hydrogen) atoms. The van der Waals surface area contributed by atoms with Gasteiger partial charge in [-0.3, -0.25) is 4.46 Å². The van der Waals surface area contributed by atoms with Gasteiger partial charge in [0.1, 0.15) is 0 Å². The monoisotopic (exact) mass is 216 g/mol. The highest BCUT2D eigenvalue weighted by Gasteiger charge is 2.22. The maximum Gasteiger partial charge on any atom is 0.761 e. The van der Waals surface area contributed by atoms with Crippen molar-refractivity contribution < 1.29 is 39.0 Å². The lowest BCUT2D eigenvalue weighted by Crippen LogP contribution is -2.50. The van der Waals surface area contributed by atoms with Crippen molar-refractivity contribution in [3.63, 3.8) is 0 Å². The fraction of sp³-hybridized carbons (Fsp3) is 1.00. The molecule has 0 aromatic rings. The molecule has 80 valence electrons. The van der Waals surface area contributed by atoms with Gasteiger partial charge >= 0.3 is 9.17 Å². The number of rotatable bonds is 4. The van der Waals surface area contributed by atoms with Crippen LogP contribution in [0.25, 0.3) is 0 Å². The van der Waals surface area contributed by atoms with E-state index >= 15 is 0 Å². The lowest BCUT2D eigenvalue weighted by Gasteiger charge is -2.28. The van der Waals surface area contributed by atoms with Gasteiger partial charge in [0.05, 0.1) is 0 Å². The van der Waals surface area contributed by atoms with Crippen molar-refractivity contribution in [2.24, 2.45) is 0 Å². The van der Waals surface area contributed by atoms with Crippen LogP contribution in [0.15, 0.2) is 0 Å². The molecule has 0 aliphatic carbocycles. The van der Waals surface area contributed by atoms with Crippen LogP contribution in [0, 0.1) is 0 Å². The smallest absolute Gasteiger partial charge is 0.511 e. The minimum Gasteiger partial charge on any atom is -0.511 e. The molecule has 0 rings (SSSR count). The summed E-state index contributed by atoms with van der Waals surface area (Å²) in [7, 11) is -3.13. The van der Waals surface area contributed by atoms with Crippen LogP contribution in [0.5, 0.6) is 0 Å². The number of aliphatic hydroxyl groups is 4. The lowest BCUT2D eigenvalue weighted by molar-refractivity contribution is -0.991. The molecule has 0 heterocycles. The topological polar surface area (TPSA) is 138 Å². The lowest BCUT2D eigenvalue weighted by atomic mass is 10.6. The van der Waals surface area contributed by atoms with Crippen molar-refractivity contribution in [3.8, 4) is 0 Å². The third-order valence-corrected chi connectivity index (χ3v) is 1.20. The molecular weight excluding hydrogens is 202 g/mol. The summed E-state index contributed by atoms with van der Waals surface area (Å²) in [6, 6.07) is 0. The predicted molar refractivity (Wildman–Crippen MR) is 39.5 cm³/mol. The van der Waals surface area contributed by atoms with Crippen molar-refractivity contribution in [1.29, 1.82) is 0 Å². The van der Waals surface area contributed by atoms with Crippen LogP contribution in [0.4, 0.5) is 0 Å². The van der Waals surface area contributed by atoms with E-state index in [0.29, 0.717) is 0 Å². The minimum absolute atomic E-state index is 0.469. The molecule has 0 radical (unpaired) electrons. The van der Waals surface area contributed by atoms with Crippen LogP contribution in [0.2, 0.25) is 0 Å². The highest BCUT2D eigenvalue weighted by molar-refractivity contribution is 6.22. The van der Waals surface area contributed by atoms with E-state index in [1.807, 2.05) is 0 Å². The van der Waals surface area contributed by atoms with Crippen molar-refractivity contribution in [2.75, 3.05) is 26.9 Å². The van der Waals surface area contributed by atoms with Crippen molar-refractivity contribution in [2.45, 2.75) is 0 Å². The Hall–Kier alpha value is -0.583. The minimum atomic E-state index is -3.13. The van der Waals surface area contributed by atoms with Crippen molar-refractivity contribution in [1.82, 2.24) is 0 Å². The molecule has 0 unspecified atom stereocenters. The van der Waals surface area contributed by atoms with Gasteiger partial charge in [-0.25, -0.2) is 4.48 Å². The molecule has 0 aromatic carbocycles. The molecule has 0 atom stereocenters. The molecule has 0 amide bonds. The van der Waals surface area contributed by atoms with E-state index in [1.165, 1.54) is 0 Å². The molecule has 0 saturated heterocycles. The van der Waals surface area contributed by atoms with Gasteiger partial charge in [0, 0.05) is 0 Å². The van der Waals surface area contributed by atoms with E-state index in [2.05, 4.69) is 0 Å². The second-order valence-electron chi connectivity index (χ2n) is 2.19. The van der Waals surface area contributed by atoms with Crippen molar-refractivity contribution in [3.05, 3.63) is 0 Å². The van der Waals surface area contributed by atoms with Gasteiger partial charge < -0.3 is 30.0 Å². The highest BCUT2D eigenvalue weighted by atomic mass is 28.3. The fourth-order valence-electron chi connectivity index (χ4n) is 0.268. The summed E-state index contributed by atoms with van der Waals surface area (Å²) in [5, 5.41) is 33.9. The molecule has 9 heteroatoms. The Labute approximate surface area is 76.0 Å². The fourth-order valence-corrected chi connectivity index (χ4v) is 0.268. The summed E-state index contributed by atoms with van der Waals surface area (Å²) in [4.78, 5) is 14.3. The maximum absolute atomic E-state index is 8.74. The molecule has 0 aromatic heterocycles. The zero-order chi connectivity index (χ0) is 10.9. The molecule has 0 spiro atoms. The maximum atomic E-state index is 8.74. The Bertz CT molecular complexity index is 117. The summed E-state index contributed by atoms with van der Waals surface area (Å²) in [6.07, 6.45) is 0. The summed E-state index contributed by atoms with van der Waals surface area (Å²) < 4.78 is 8.24. The van der Waals surface area contributed by atoms with E-state index in [-0.39, 0.29) is 0 Å². The molecule has 0 bridgehead atoms. The Kier molecular flexibility index (Phi) is 9.22. The molecule has 0 fully saturated rings. The van der Waals surface area contributed by atoms with E-state index < -0.39 is 40.6 Å². The molecule has 0 aliphatic rings. The molecular formula is C4H14NO7Si+. The summed E-state index contributed by atoms with van der Waals surface area (Å²) in [5.74, 6) is 0. The molecule has 0 aliphatic heterocycles. The van der Waals surface area contributed by atoms with Crippen LogP contribution in [-0.4, -0.2) is 70.6 Å². The summed E-state index contributed by atoms with van der Waals surface area (Å²) in [5.41, 5.74) is 0. The Morgan fingerprint density at radius 2 is 1.00 bits per heavy atom. The van der Waals surface area contributed by atoms with Crippen LogP contribution < -0.4 is 0 Å². The normalized spacial score (nSPS) is 10.2. The SMILES string of the molecule is O=[Si](O)O.OC[N+](CO)(CO)CO.